The van der Waals surface area contributed by atoms with Crippen molar-refractivity contribution >= 4 is 6.08 Å². The highest BCUT2D eigenvalue weighted by Crippen LogP contribution is 2.03. The van der Waals surface area contributed by atoms with E-state index in [0.29, 0.717) is 13.0 Å². The Balaban J connectivity index is 2.62. The van der Waals surface area contributed by atoms with Crippen LogP contribution >= 0.6 is 0 Å². The predicted molar refractivity (Wildman–Crippen MR) is 45.7 cm³/mol. The fourth-order valence-corrected chi connectivity index (χ4v) is 0.988. The number of hydrogen-bond donors (Lipinski definition) is 0. The van der Waals surface area contributed by atoms with E-state index in [1.165, 1.54) is 6.08 Å². The van der Waals surface area contributed by atoms with Gasteiger partial charge >= 0.3 is 0 Å². The van der Waals surface area contributed by atoms with E-state index in [0.717, 1.165) is 11.3 Å². The van der Waals surface area contributed by atoms with Crippen molar-refractivity contribution in [2.45, 2.75) is 13.3 Å². The van der Waals surface area contributed by atoms with Gasteiger partial charge in [0.1, 0.15) is 0 Å². The standard InChI is InChI=1S/C9H10N2O/c1-8-3-2-5-11-9(8)4-6-10-7-12/h2-3,5H,4,6H2,1H3. The molecule has 62 valence electrons. The largest absolute Gasteiger partial charge is 0.261 e. The lowest BCUT2D eigenvalue weighted by Gasteiger charge is -1.99. The van der Waals surface area contributed by atoms with Crippen LogP contribution in [0.4, 0.5) is 0 Å². The number of aromatic nitrogens is 1. The maximum atomic E-state index is 9.77. The zero-order chi connectivity index (χ0) is 8.81. The van der Waals surface area contributed by atoms with Crippen LogP contribution in [0.1, 0.15) is 11.3 Å². The Morgan fingerprint density at radius 1 is 1.67 bits per heavy atom. The molecular formula is C9H10N2O. The number of aryl methyl sites for hydroxylation is 1. The summed E-state index contributed by atoms with van der Waals surface area (Å²) in [7, 11) is 0. The van der Waals surface area contributed by atoms with Gasteiger partial charge in [0, 0.05) is 18.3 Å². The summed E-state index contributed by atoms with van der Waals surface area (Å²) in [4.78, 5) is 17.4. The second kappa shape index (κ2) is 4.42. The van der Waals surface area contributed by atoms with Gasteiger partial charge < -0.3 is 0 Å². The lowest BCUT2D eigenvalue weighted by Crippen LogP contribution is -1.95. The number of rotatable bonds is 3. The molecule has 0 fully saturated rings. The van der Waals surface area contributed by atoms with Crippen LogP contribution in [0.25, 0.3) is 0 Å². The van der Waals surface area contributed by atoms with Crippen LogP contribution in [-0.2, 0) is 11.2 Å². The first-order valence-electron chi connectivity index (χ1n) is 3.78. The van der Waals surface area contributed by atoms with Crippen LogP contribution < -0.4 is 0 Å². The van der Waals surface area contributed by atoms with E-state index in [-0.39, 0.29) is 0 Å². The molecule has 0 N–H and O–H groups in total. The van der Waals surface area contributed by atoms with E-state index < -0.39 is 0 Å². The molecule has 1 aromatic rings. The van der Waals surface area contributed by atoms with Gasteiger partial charge in [0.15, 0.2) is 0 Å². The lowest BCUT2D eigenvalue weighted by molar-refractivity contribution is 0.563. The highest BCUT2D eigenvalue weighted by molar-refractivity contribution is 5.33. The van der Waals surface area contributed by atoms with E-state index >= 15 is 0 Å². The summed E-state index contributed by atoms with van der Waals surface area (Å²) in [6.07, 6.45) is 3.96. The Hall–Kier alpha value is -1.47. The number of hydrogen-bond acceptors (Lipinski definition) is 3. The molecule has 0 atom stereocenters. The molecule has 0 unspecified atom stereocenters. The Labute approximate surface area is 71.2 Å². The average molecular weight is 162 g/mol. The van der Waals surface area contributed by atoms with Crippen molar-refractivity contribution in [1.82, 2.24) is 4.98 Å². The van der Waals surface area contributed by atoms with Crippen LogP contribution in [-0.4, -0.2) is 17.6 Å². The molecular weight excluding hydrogens is 152 g/mol. The van der Waals surface area contributed by atoms with Gasteiger partial charge in [-0.3, -0.25) is 4.98 Å². The molecule has 0 aromatic carbocycles. The third-order valence-electron chi connectivity index (χ3n) is 1.64. The van der Waals surface area contributed by atoms with Crippen molar-refractivity contribution in [2.75, 3.05) is 6.54 Å². The number of aliphatic imine (C=N–C) groups is 1. The summed E-state index contributed by atoms with van der Waals surface area (Å²) in [5.41, 5.74) is 2.13. The van der Waals surface area contributed by atoms with Crippen LogP contribution in [0.2, 0.25) is 0 Å². The molecule has 0 aliphatic carbocycles. The van der Waals surface area contributed by atoms with Crippen molar-refractivity contribution in [1.29, 1.82) is 0 Å². The summed E-state index contributed by atoms with van der Waals surface area (Å²) >= 11 is 0. The molecule has 0 aliphatic heterocycles. The van der Waals surface area contributed by atoms with Crippen molar-refractivity contribution in [3.8, 4) is 0 Å². The van der Waals surface area contributed by atoms with Crippen LogP contribution in [0.15, 0.2) is 23.3 Å². The fourth-order valence-electron chi connectivity index (χ4n) is 0.988. The maximum Gasteiger partial charge on any atom is 0.234 e. The van der Waals surface area contributed by atoms with Gasteiger partial charge in [0.25, 0.3) is 0 Å². The molecule has 0 bridgehead atoms. The summed E-state index contributed by atoms with van der Waals surface area (Å²) in [5.74, 6) is 0. The normalized spacial score (nSPS) is 9.08. The SMILES string of the molecule is Cc1cccnc1CCN=C=O. The summed E-state index contributed by atoms with van der Waals surface area (Å²) in [5, 5.41) is 0. The molecule has 0 saturated heterocycles. The minimum Gasteiger partial charge on any atom is -0.261 e. The van der Waals surface area contributed by atoms with Gasteiger partial charge in [-0.15, -0.1) is 0 Å². The quantitative estimate of drug-likeness (QED) is 0.496. The van der Waals surface area contributed by atoms with Gasteiger partial charge in [0.05, 0.1) is 6.54 Å². The smallest absolute Gasteiger partial charge is 0.234 e. The minimum absolute atomic E-state index is 0.474. The molecule has 0 radical (unpaired) electrons. The zero-order valence-corrected chi connectivity index (χ0v) is 6.95. The molecule has 3 heteroatoms. The molecule has 1 aromatic heterocycles. The van der Waals surface area contributed by atoms with E-state index in [1.54, 1.807) is 6.20 Å². The Kier molecular flexibility index (Phi) is 3.17. The van der Waals surface area contributed by atoms with Crippen molar-refractivity contribution < 1.29 is 4.79 Å². The van der Waals surface area contributed by atoms with Crippen molar-refractivity contribution in [3.63, 3.8) is 0 Å². The first-order chi connectivity index (χ1) is 5.84. The van der Waals surface area contributed by atoms with E-state index in [1.807, 2.05) is 19.1 Å². The molecule has 3 nitrogen and oxygen atoms in total. The molecule has 12 heavy (non-hydrogen) atoms. The van der Waals surface area contributed by atoms with Gasteiger partial charge in [-0.25, -0.2) is 9.79 Å². The predicted octanol–water partition coefficient (Wildman–Crippen LogP) is 1.27. The second-order valence-electron chi connectivity index (χ2n) is 2.49. The van der Waals surface area contributed by atoms with Crippen LogP contribution in [0, 0.1) is 6.92 Å². The topological polar surface area (TPSA) is 42.3 Å². The number of isocyanates is 1. The fraction of sp³-hybridized carbons (Fsp3) is 0.333. The van der Waals surface area contributed by atoms with E-state index in [9.17, 15) is 4.79 Å². The van der Waals surface area contributed by atoms with E-state index in [4.69, 9.17) is 0 Å². The summed E-state index contributed by atoms with van der Waals surface area (Å²) in [6, 6.07) is 3.88. The third kappa shape index (κ3) is 2.29. The molecule has 1 heterocycles. The molecule has 0 amide bonds. The van der Waals surface area contributed by atoms with Gasteiger partial charge in [-0.05, 0) is 18.6 Å². The second-order valence-corrected chi connectivity index (χ2v) is 2.49. The first kappa shape index (κ1) is 8.62. The number of pyridine rings is 1. The Bertz CT molecular complexity index is 303. The first-order valence-corrected chi connectivity index (χ1v) is 3.78. The average Bonchev–Trinajstić information content (AvgIpc) is 2.09. The zero-order valence-electron chi connectivity index (χ0n) is 6.95. The maximum absolute atomic E-state index is 9.77. The van der Waals surface area contributed by atoms with E-state index in [2.05, 4.69) is 9.98 Å². The molecule has 0 spiro atoms. The van der Waals surface area contributed by atoms with Crippen LogP contribution in [0.5, 0.6) is 0 Å². The van der Waals surface area contributed by atoms with Crippen molar-refractivity contribution in [3.05, 3.63) is 29.6 Å². The third-order valence-corrected chi connectivity index (χ3v) is 1.64. The molecule has 0 saturated carbocycles. The highest BCUT2D eigenvalue weighted by Gasteiger charge is 1.96. The molecule has 1 rings (SSSR count). The lowest BCUT2D eigenvalue weighted by atomic mass is 10.2. The number of carbonyl (C=O) groups excluding carboxylic acids is 1. The molecule has 0 aliphatic rings. The minimum atomic E-state index is 0.474. The number of nitrogens with zero attached hydrogens (tertiary/aromatic N) is 2. The Morgan fingerprint density at radius 2 is 2.50 bits per heavy atom. The van der Waals surface area contributed by atoms with Crippen molar-refractivity contribution in [2.24, 2.45) is 4.99 Å². The van der Waals surface area contributed by atoms with Gasteiger partial charge in [-0.2, -0.15) is 0 Å². The summed E-state index contributed by atoms with van der Waals surface area (Å²) in [6.45, 7) is 2.47. The highest BCUT2D eigenvalue weighted by atomic mass is 16.1. The van der Waals surface area contributed by atoms with Gasteiger partial charge in [0.2, 0.25) is 6.08 Å². The van der Waals surface area contributed by atoms with Gasteiger partial charge in [-0.1, -0.05) is 6.07 Å². The monoisotopic (exact) mass is 162 g/mol. The Morgan fingerprint density at radius 3 is 3.17 bits per heavy atom. The summed E-state index contributed by atoms with van der Waals surface area (Å²) < 4.78 is 0. The van der Waals surface area contributed by atoms with Crippen LogP contribution in [0.3, 0.4) is 0 Å².